The average Bonchev–Trinajstić information content (AvgIpc) is 3.24. The molecular weight excluding hydrogens is 816 g/mol. The van der Waals surface area contributed by atoms with Gasteiger partial charge in [-0.1, -0.05) is 36.4 Å². The molecule has 0 aliphatic carbocycles. The summed E-state index contributed by atoms with van der Waals surface area (Å²) >= 11 is 0. The summed E-state index contributed by atoms with van der Waals surface area (Å²) in [4.78, 5) is 42.3. The highest BCUT2D eigenvalue weighted by Gasteiger charge is 2.17. The Morgan fingerprint density at radius 3 is 1.32 bits per heavy atom. The Kier molecular flexibility index (Phi) is 16.9. The van der Waals surface area contributed by atoms with E-state index >= 15 is 0 Å². The van der Waals surface area contributed by atoms with Gasteiger partial charge in [-0.05, 0) is 96.4 Å². The maximum Gasteiger partial charge on any atom is 0.411 e. The van der Waals surface area contributed by atoms with Crippen LogP contribution in [0.15, 0.2) is 127 Å². The lowest BCUT2D eigenvalue weighted by Gasteiger charge is -2.10. The molecule has 0 unspecified atom stereocenters. The monoisotopic (exact) mass is 855 g/mol. The number of amides is 1. The van der Waals surface area contributed by atoms with E-state index in [1.54, 1.807) is 61.5 Å². The molecule has 0 radical (unpaired) electrons. The molecule has 62 heavy (non-hydrogen) atoms. The van der Waals surface area contributed by atoms with Crippen molar-refractivity contribution in [2.24, 2.45) is 0 Å². The van der Waals surface area contributed by atoms with Crippen molar-refractivity contribution in [1.29, 1.82) is 0 Å². The maximum atomic E-state index is 12.9. The molecule has 0 aliphatic rings. The van der Waals surface area contributed by atoms with E-state index < -0.39 is 20.9 Å². The Balaban J connectivity index is 0.000000206. The predicted octanol–water partition coefficient (Wildman–Crippen LogP) is 9.77. The highest BCUT2D eigenvalue weighted by atomic mass is 19.1. The molecule has 0 saturated carbocycles. The van der Waals surface area contributed by atoms with Crippen LogP contribution in [0.3, 0.4) is 0 Å². The molecule has 17 nitrogen and oxygen atoms in total. The number of carbonyl (C=O) groups excluding carboxylic acids is 1. The summed E-state index contributed by atoms with van der Waals surface area (Å²) in [6.45, 7) is 3.11. The fraction of sp³-hybridized carbons (Fsp3) is 0.119. The molecule has 1 amide bonds. The Labute approximate surface area is 352 Å². The van der Waals surface area contributed by atoms with Crippen LogP contribution in [-0.4, -0.2) is 27.5 Å². The molecule has 0 heterocycles. The van der Waals surface area contributed by atoms with E-state index in [-0.39, 0.29) is 58.2 Å². The van der Waals surface area contributed by atoms with Crippen molar-refractivity contribution in [2.75, 3.05) is 39.3 Å². The lowest BCUT2D eigenvalue weighted by atomic mass is 10.2. The highest BCUT2D eigenvalue weighted by molar-refractivity contribution is 5.88. The van der Waals surface area contributed by atoms with E-state index in [1.807, 2.05) is 0 Å². The van der Waals surface area contributed by atoms with Gasteiger partial charge in [0.05, 0.1) is 21.4 Å². The first-order valence-corrected chi connectivity index (χ1v) is 18.4. The Morgan fingerprint density at radius 1 is 0.532 bits per heavy atom. The van der Waals surface area contributed by atoms with Crippen LogP contribution in [0.25, 0.3) is 0 Å². The molecular formula is C42H40F3N9O8. The summed E-state index contributed by atoms with van der Waals surface area (Å²) in [5.41, 5.74) is 15.2. The standard InChI is InChI=1S/C16H16FN3O4.2C13H12FN3O2/c1-2-24-16(21)19-14-8-7-13(9-15(14)20(22)23)18-10-11-3-5-12(17)6-4-11;14-10-3-1-9(2-4-10)8-16-11-5-6-13(17(18)19)12(15)7-11;14-10-3-1-9(2-4-10)8-16-11-5-6-12(15)13(7-11)17(18)19/h3-9,18H,2,10H2,1H3,(H,19,21);2*1-7,16H,8,15H2. The molecule has 0 spiro atoms. The molecule has 322 valence electrons. The number of rotatable bonds is 14. The molecule has 6 rings (SSSR count). The molecule has 0 bridgehead atoms. The molecule has 8 N–H and O–H groups in total. The van der Waals surface area contributed by atoms with Gasteiger partial charge < -0.3 is 32.2 Å². The van der Waals surface area contributed by atoms with Crippen LogP contribution in [0.5, 0.6) is 0 Å². The van der Waals surface area contributed by atoms with E-state index in [4.69, 9.17) is 16.2 Å². The van der Waals surface area contributed by atoms with Crippen molar-refractivity contribution in [3.05, 3.63) is 192 Å². The van der Waals surface area contributed by atoms with E-state index in [9.17, 15) is 48.3 Å². The summed E-state index contributed by atoms with van der Waals surface area (Å²) in [6, 6.07) is 31.3. The van der Waals surface area contributed by atoms with Gasteiger partial charge in [-0.2, -0.15) is 0 Å². The number of halogens is 3. The fourth-order valence-electron chi connectivity index (χ4n) is 5.24. The summed E-state index contributed by atoms with van der Waals surface area (Å²) in [5, 5.41) is 43.9. The maximum absolute atomic E-state index is 12.9. The van der Waals surface area contributed by atoms with E-state index in [0.29, 0.717) is 36.7 Å². The number of ether oxygens (including phenoxy) is 1. The molecule has 0 fully saturated rings. The molecule has 0 atom stereocenters. The number of nitrogens with two attached hydrogens (primary N) is 2. The third-order valence-electron chi connectivity index (χ3n) is 8.39. The second kappa shape index (κ2) is 22.7. The molecule has 0 aliphatic heterocycles. The Hall–Kier alpha value is -8.42. The first kappa shape index (κ1) is 46.3. The molecule has 0 saturated heterocycles. The van der Waals surface area contributed by atoms with Gasteiger partial charge in [0.2, 0.25) is 0 Å². The van der Waals surface area contributed by atoms with Gasteiger partial charge >= 0.3 is 6.09 Å². The number of nitrogens with zero attached hydrogens (tertiary/aromatic N) is 3. The van der Waals surface area contributed by atoms with Crippen LogP contribution in [0.2, 0.25) is 0 Å². The van der Waals surface area contributed by atoms with Crippen LogP contribution < -0.4 is 32.7 Å². The number of nitrogen functional groups attached to an aromatic ring is 2. The summed E-state index contributed by atoms with van der Waals surface area (Å²) in [7, 11) is 0. The van der Waals surface area contributed by atoms with Crippen LogP contribution in [0.4, 0.5) is 69.2 Å². The van der Waals surface area contributed by atoms with Gasteiger partial charge in [0.1, 0.15) is 34.5 Å². The zero-order valence-electron chi connectivity index (χ0n) is 32.8. The van der Waals surface area contributed by atoms with Crippen molar-refractivity contribution in [3.8, 4) is 0 Å². The summed E-state index contributed by atoms with van der Waals surface area (Å²) in [6.07, 6.45) is -0.757. The minimum atomic E-state index is -0.757. The number of hydrogen-bond acceptors (Lipinski definition) is 13. The van der Waals surface area contributed by atoms with Gasteiger partial charge in [0.25, 0.3) is 17.1 Å². The van der Waals surface area contributed by atoms with Gasteiger partial charge in [0, 0.05) is 54.9 Å². The van der Waals surface area contributed by atoms with E-state index in [2.05, 4.69) is 21.3 Å². The number of nitro benzene ring substituents is 3. The number of benzene rings is 6. The smallest absolute Gasteiger partial charge is 0.411 e. The van der Waals surface area contributed by atoms with Crippen molar-refractivity contribution in [2.45, 2.75) is 26.6 Å². The number of nitro groups is 3. The first-order chi connectivity index (χ1) is 29.6. The van der Waals surface area contributed by atoms with Crippen LogP contribution >= 0.6 is 0 Å². The minimum Gasteiger partial charge on any atom is -0.450 e. The third-order valence-corrected chi connectivity index (χ3v) is 8.39. The van der Waals surface area contributed by atoms with Crippen LogP contribution in [0, 0.1) is 47.8 Å². The molecule has 6 aromatic rings. The van der Waals surface area contributed by atoms with Crippen LogP contribution in [-0.2, 0) is 24.4 Å². The lowest BCUT2D eigenvalue weighted by molar-refractivity contribution is -0.384. The Bertz CT molecular complexity index is 2480. The largest absolute Gasteiger partial charge is 0.450 e. The average molecular weight is 856 g/mol. The number of hydrogen-bond donors (Lipinski definition) is 6. The van der Waals surface area contributed by atoms with Crippen molar-refractivity contribution >= 4 is 57.3 Å². The molecule has 20 heteroatoms. The molecule has 6 aromatic carbocycles. The quantitative estimate of drug-likeness (QED) is 0.0339. The van der Waals surface area contributed by atoms with Gasteiger partial charge in [0.15, 0.2) is 0 Å². The second-order valence-electron chi connectivity index (χ2n) is 12.8. The zero-order valence-corrected chi connectivity index (χ0v) is 32.8. The second-order valence-corrected chi connectivity index (χ2v) is 12.8. The predicted molar refractivity (Wildman–Crippen MR) is 230 cm³/mol. The van der Waals surface area contributed by atoms with E-state index in [0.717, 1.165) is 16.7 Å². The first-order valence-electron chi connectivity index (χ1n) is 18.4. The highest BCUT2D eigenvalue weighted by Crippen LogP contribution is 2.29. The molecule has 0 aromatic heterocycles. The summed E-state index contributed by atoms with van der Waals surface area (Å²) < 4.78 is 43.0. The number of carbonyl (C=O) groups is 1. The number of anilines is 6. The fourth-order valence-corrected chi connectivity index (χ4v) is 5.24. The Morgan fingerprint density at radius 2 is 0.919 bits per heavy atom. The van der Waals surface area contributed by atoms with Gasteiger partial charge in [-0.15, -0.1) is 0 Å². The SMILES string of the molecule is CCOC(=O)Nc1ccc(NCc2ccc(F)cc2)cc1[N+](=O)[O-].Nc1cc(NCc2ccc(F)cc2)ccc1[N+](=O)[O-].Nc1ccc(NCc2ccc(F)cc2)cc1[N+](=O)[O-]. The van der Waals surface area contributed by atoms with Crippen molar-refractivity contribution in [1.82, 2.24) is 0 Å². The minimum absolute atomic E-state index is 0.0470. The normalized spacial score (nSPS) is 10.1. The number of nitrogens with one attached hydrogen (secondary N) is 4. The van der Waals surface area contributed by atoms with E-state index in [1.165, 1.54) is 72.8 Å². The third kappa shape index (κ3) is 14.8. The van der Waals surface area contributed by atoms with Crippen LogP contribution in [0.1, 0.15) is 23.6 Å². The zero-order chi connectivity index (χ0) is 45.2. The van der Waals surface area contributed by atoms with Gasteiger partial charge in [-0.25, -0.2) is 18.0 Å². The topological polar surface area (TPSA) is 256 Å². The van der Waals surface area contributed by atoms with Crippen molar-refractivity contribution < 1.29 is 37.5 Å². The summed E-state index contributed by atoms with van der Waals surface area (Å²) in [5.74, 6) is -0.918. The van der Waals surface area contributed by atoms with Gasteiger partial charge in [-0.3, -0.25) is 35.7 Å². The lowest BCUT2D eigenvalue weighted by Crippen LogP contribution is -2.14. The van der Waals surface area contributed by atoms with Crippen molar-refractivity contribution in [3.63, 3.8) is 0 Å².